The predicted molar refractivity (Wildman–Crippen MR) is 46.4 cm³/mol. The normalized spacial score (nSPS) is 20.1. The Kier molecular flexibility index (Phi) is 1.54. The van der Waals surface area contributed by atoms with Crippen LogP contribution in [-0.2, 0) is 5.60 Å². The average molecular weight is 164 g/mol. The third-order valence-corrected chi connectivity index (χ3v) is 2.52. The third-order valence-electron chi connectivity index (χ3n) is 2.52. The van der Waals surface area contributed by atoms with Gasteiger partial charge >= 0.3 is 0 Å². The van der Waals surface area contributed by atoms with Gasteiger partial charge in [-0.05, 0) is 25.3 Å². The van der Waals surface area contributed by atoms with Crippen LogP contribution in [0.15, 0.2) is 18.3 Å². The Balaban J connectivity index is 2.39. The Bertz CT molecular complexity index is 294. The zero-order valence-electron chi connectivity index (χ0n) is 6.83. The minimum atomic E-state index is -0.682. The predicted octanol–water partition coefficient (Wildman–Crippen LogP) is 1.04. The lowest BCUT2D eigenvalue weighted by atomic mass is 9.75. The van der Waals surface area contributed by atoms with E-state index in [0.717, 1.165) is 24.8 Å². The lowest BCUT2D eigenvalue weighted by molar-refractivity contribution is -0.0383. The molecule has 0 spiro atoms. The molecule has 0 aromatic carbocycles. The van der Waals surface area contributed by atoms with Crippen molar-refractivity contribution in [2.45, 2.75) is 24.9 Å². The summed E-state index contributed by atoms with van der Waals surface area (Å²) >= 11 is 0. The molecule has 64 valence electrons. The number of hydrogen-bond acceptors (Lipinski definition) is 3. The molecule has 3 N–H and O–H groups in total. The number of nitrogens with zero attached hydrogens (tertiary/aromatic N) is 1. The topological polar surface area (TPSA) is 59.1 Å². The van der Waals surface area contributed by atoms with Crippen molar-refractivity contribution in [2.75, 3.05) is 5.73 Å². The van der Waals surface area contributed by atoms with Crippen molar-refractivity contribution in [3.63, 3.8) is 0 Å². The van der Waals surface area contributed by atoms with E-state index in [2.05, 4.69) is 4.98 Å². The molecule has 0 aliphatic heterocycles. The van der Waals surface area contributed by atoms with Crippen molar-refractivity contribution in [3.05, 3.63) is 23.9 Å². The van der Waals surface area contributed by atoms with Crippen LogP contribution < -0.4 is 5.73 Å². The molecule has 0 radical (unpaired) electrons. The van der Waals surface area contributed by atoms with Crippen molar-refractivity contribution in [3.8, 4) is 0 Å². The van der Waals surface area contributed by atoms with E-state index in [0.29, 0.717) is 5.82 Å². The summed E-state index contributed by atoms with van der Waals surface area (Å²) < 4.78 is 0. The summed E-state index contributed by atoms with van der Waals surface area (Å²) in [6.07, 6.45) is 4.33. The van der Waals surface area contributed by atoms with Gasteiger partial charge in [0.25, 0.3) is 0 Å². The van der Waals surface area contributed by atoms with Crippen LogP contribution in [0.25, 0.3) is 0 Å². The van der Waals surface area contributed by atoms with Gasteiger partial charge in [-0.3, -0.25) is 0 Å². The molecule has 0 amide bonds. The van der Waals surface area contributed by atoms with E-state index in [1.54, 1.807) is 6.20 Å². The Morgan fingerprint density at radius 3 is 2.75 bits per heavy atom. The van der Waals surface area contributed by atoms with Gasteiger partial charge in [-0.25, -0.2) is 4.98 Å². The standard InChI is InChI=1S/C9H12N2O/c10-8-7(3-1-6-11-8)9(12)4-2-5-9/h1,3,6,12H,2,4-5H2,(H2,10,11). The number of nitrogen functional groups attached to an aromatic ring is 1. The molecule has 1 saturated carbocycles. The fourth-order valence-corrected chi connectivity index (χ4v) is 1.59. The third kappa shape index (κ3) is 0.975. The lowest BCUT2D eigenvalue weighted by Gasteiger charge is -2.37. The van der Waals surface area contributed by atoms with Crippen LogP contribution in [0, 0.1) is 0 Å². The summed E-state index contributed by atoms with van der Waals surface area (Å²) in [6, 6.07) is 3.66. The lowest BCUT2D eigenvalue weighted by Crippen LogP contribution is -2.34. The van der Waals surface area contributed by atoms with E-state index >= 15 is 0 Å². The molecule has 1 fully saturated rings. The van der Waals surface area contributed by atoms with Crippen molar-refractivity contribution >= 4 is 5.82 Å². The van der Waals surface area contributed by atoms with Crippen LogP contribution in [0.1, 0.15) is 24.8 Å². The Morgan fingerprint density at radius 2 is 2.25 bits per heavy atom. The molecule has 0 saturated heterocycles. The van der Waals surface area contributed by atoms with E-state index in [1.807, 2.05) is 12.1 Å². The molecule has 3 nitrogen and oxygen atoms in total. The van der Waals surface area contributed by atoms with Gasteiger partial charge in [-0.2, -0.15) is 0 Å². The summed E-state index contributed by atoms with van der Waals surface area (Å²) in [4.78, 5) is 3.95. The van der Waals surface area contributed by atoms with Crippen LogP contribution in [0.3, 0.4) is 0 Å². The fraction of sp³-hybridized carbons (Fsp3) is 0.444. The first-order chi connectivity index (χ1) is 5.72. The van der Waals surface area contributed by atoms with Crippen molar-refractivity contribution < 1.29 is 5.11 Å². The minimum absolute atomic E-state index is 0.458. The first-order valence-electron chi connectivity index (χ1n) is 4.16. The molecule has 1 aromatic rings. The Labute approximate surface area is 71.2 Å². The molecule has 1 aliphatic rings. The summed E-state index contributed by atoms with van der Waals surface area (Å²) in [7, 11) is 0. The Morgan fingerprint density at radius 1 is 1.50 bits per heavy atom. The van der Waals surface area contributed by atoms with Crippen molar-refractivity contribution in [1.29, 1.82) is 0 Å². The van der Waals surface area contributed by atoms with Gasteiger partial charge < -0.3 is 10.8 Å². The highest BCUT2D eigenvalue weighted by Gasteiger charge is 2.37. The molecular formula is C9H12N2O. The molecule has 2 rings (SSSR count). The Hall–Kier alpha value is -1.09. The van der Waals surface area contributed by atoms with E-state index in [-0.39, 0.29) is 0 Å². The number of aliphatic hydroxyl groups is 1. The molecule has 3 heteroatoms. The van der Waals surface area contributed by atoms with Gasteiger partial charge in [0.2, 0.25) is 0 Å². The molecule has 1 heterocycles. The molecule has 1 aliphatic carbocycles. The zero-order chi connectivity index (χ0) is 8.60. The number of hydrogen-bond donors (Lipinski definition) is 2. The van der Waals surface area contributed by atoms with Crippen molar-refractivity contribution in [1.82, 2.24) is 4.98 Å². The smallest absolute Gasteiger partial charge is 0.129 e. The molecule has 0 bridgehead atoms. The van der Waals surface area contributed by atoms with E-state index in [1.165, 1.54) is 0 Å². The van der Waals surface area contributed by atoms with E-state index in [4.69, 9.17) is 5.73 Å². The number of aromatic nitrogens is 1. The van der Waals surface area contributed by atoms with Gasteiger partial charge in [0.15, 0.2) is 0 Å². The van der Waals surface area contributed by atoms with Gasteiger partial charge in [0, 0.05) is 11.8 Å². The van der Waals surface area contributed by atoms with Crippen molar-refractivity contribution in [2.24, 2.45) is 0 Å². The highest BCUT2D eigenvalue weighted by molar-refractivity contribution is 5.43. The second-order valence-electron chi connectivity index (χ2n) is 3.32. The monoisotopic (exact) mass is 164 g/mol. The largest absolute Gasteiger partial charge is 0.385 e. The number of nitrogens with two attached hydrogens (primary N) is 1. The average Bonchev–Trinajstić information content (AvgIpc) is 2.01. The number of pyridine rings is 1. The molecule has 12 heavy (non-hydrogen) atoms. The maximum atomic E-state index is 9.94. The quantitative estimate of drug-likeness (QED) is 0.651. The van der Waals surface area contributed by atoms with Crippen LogP contribution in [0.4, 0.5) is 5.82 Å². The second kappa shape index (κ2) is 2.45. The first-order valence-corrected chi connectivity index (χ1v) is 4.16. The zero-order valence-corrected chi connectivity index (χ0v) is 6.83. The maximum Gasteiger partial charge on any atom is 0.129 e. The van der Waals surface area contributed by atoms with Gasteiger partial charge in [0.1, 0.15) is 5.82 Å². The van der Waals surface area contributed by atoms with Gasteiger partial charge in [-0.15, -0.1) is 0 Å². The SMILES string of the molecule is Nc1ncccc1C1(O)CCC1. The fourth-order valence-electron chi connectivity index (χ4n) is 1.59. The summed E-state index contributed by atoms with van der Waals surface area (Å²) in [5, 5.41) is 9.94. The second-order valence-corrected chi connectivity index (χ2v) is 3.32. The summed E-state index contributed by atoms with van der Waals surface area (Å²) in [5.41, 5.74) is 5.75. The van der Waals surface area contributed by atoms with E-state index in [9.17, 15) is 5.11 Å². The van der Waals surface area contributed by atoms with E-state index < -0.39 is 5.60 Å². The number of anilines is 1. The molecular weight excluding hydrogens is 152 g/mol. The summed E-state index contributed by atoms with van der Waals surface area (Å²) in [6.45, 7) is 0. The van der Waals surface area contributed by atoms with Crippen LogP contribution in [0.2, 0.25) is 0 Å². The molecule has 0 unspecified atom stereocenters. The highest BCUT2D eigenvalue weighted by atomic mass is 16.3. The van der Waals surface area contributed by atoms with Gasteiger partial charge in [-0.1, -0.05) is 6.07 Å². The maximum absolute atomic E-state index is 9.94. The first kappa shape index (κ1) is 7.55. The van der Waals surface area contributed by atoms with Gasteiger partial charge in [0.05, 0.1) is 5.60 Å². The molecule has 1 aromatic heterocycles. The number of rotatable bonds is 1. The van der Waals surface area contributed by atoms with Crippen LogP contribution >= 0.6 is 0 Å². The summed E-state index contributed by atoms with van der Waals surface area (Å²) in [5.74, 6) is 0.458. The van der Waals surface area contributed by atoms with Crippen LogP contribution in [-0.4, -0.2) is 10.1 Å². The minimum Gasteiger partial charge on any atom is -0.385 e. The highest BCUT2D eigenvalue weighted by Crippen LogP contribution is 2.42. The molecule has 0 atom stereocenters. The van der Waals surface area contributed by atoms with Crippen LogP contribution in [0.5, 0.6) is 0 Å².